The Kier molecular flexibility index (Phi) is 8.68. The first kappa shape index (κ1) is 29.4. The average Bonchev–Trinajstić information content (AvgIpc) is 3.75. The Morgan fingerprint density at radius 2 is 1.83 bits per heavy atom. The minimum Gasteiger partial charge on any atom is -0.384 e. The van der Waals surface area contributed by atoms with Gasteiger partial charge in [0.1, 0.15) is 17.7 Å². The molecule has 3 aromatic rings. The number of nitrogen functional groups attached to an aromatic ring is 1. The van der Waals surface area contributed by atoms with Gasteiger partial charge < -0.3 is 30.7 Å². The molecule has 11 nitrogen and oxygen atoms in total. The second-order valence-corrected chi connectivity index (χ2v) is 11.4. The van der Waals surface area contributed by atoms with Crippen molar-refractivity contribution < 1.29 is 32.5 Å². The lowest BCUT2D eigenvalue weighted by Gasteiger charge is -2.24. The predicted molar refractivity (Wildman–Crippen MR) is 152 cm³/mol. The number of likely N-dealkylation sites (tertiary alicyclic amines) is 1. The number of amides is 3. The monoisotopic (exact) mass is 612 g/mol. The van der Waals surface area contributed by atoms with Crippen LogP contribution in [0.25, 0.3) is 11.1 Å². The third-order valence-electron chi connectivity index (χ3n) is 7.03. The SMILES string of the molecule is N=C(N)c1csc(CNC(=O)[C@@H]2CC3(CN2C(=O)CNC(=O)c2ccc(-c4ccc([S+]=O)cc4F)cc2)OCCO3)c1. The van der Waals surface area contributed by atoms with Crippen molar-refractivity contribution in [3.8, 4) is 11.1 Å². The van der Waals surface area contributed by atoms with Crippen LogP contribution in [0.5, 0.6) is 0 Å². The van der Waals surface area contributed by atoms with Gasteiger partial charge in [0.05, 0.1) is 32.8 Å². The number of nitrogens with one attached hydrogen (secondary N) is 3. The van der Waals surface area contributed by atoms with Gasteiger partial charge in [-0.15, -0.1) is 11.3 Å². The number of amidine groups is 1. The molecule has 1 spiro atoms. The molecule has 2 aliphatic heterocycles. The normalized spacial score (nSPS) is 17.3. The van der Waals surface area contributed by atoms with Gasteiger partial charge in [0, 0.05) is 49.7 Å². The molecule has 3 heterocycles. The molecule has 218 valence electrons. The Hall–Kier alpha value is -4.11. The van der Waals surface area contributed by atoms with Crippen molar-refractivity contribution in [3.05, 3.63) is 75.7 Å². The molecule has 0 aliphatic carbocycles. The van der Waals surface area contributed by atoms with Gasteiger partial charge in [-0.2, -0.15) is 0 Å². The molecule has 2 aromatic carbocycles. The third-order valence-corrected chi connectivity index (χ3v) is 8.41. The van der Waals surface area contributed by atoms with Crippen molar-refractivity contribution in [3.63, 3.8) is 0 Å². The molecule has 3 amide bonds. The Labute approximate surface area is 248 Å². The van der Waals surface area contributed by atoms with E-state index in [-0.39, 0.29) is 59.6 Å². The summed E-state index contributed by atoms with van der Waals surface area (Å²) in [5.74, 6) is -3.09. The van der Waals surface area contributed by atoms with Gasteiger partial charge in [0.2, 0.25) is 11.8 Å². The topological polar surface area (TPSA) is 164 Å². The van der Waals surface area contributed by atoms with Crippen LogP contribution in [0.15, 0.2) is 58.8 Å². The maximum absolute atomic E-state index is 14.4. The number of carbonyl (C=O) groups excluding carboxylic acids is 3. The zero-order valence-electron chi connectivity index (χ0n) is 22.2. The second-order valence-electron chi connectivity index (χ2n) is 9.77. The number of hydrogen-bond donors (Lipinski definition) is 4. The molecule has 0 saturated carbocycles. The number of thiophene rings is 1. The zero-order chi connectivity index (χ0) is 29.9. The highest BCUT2D eigenvalue weighted by molar-refractivity contribution is 7.65. The number of carbonyl (C=O) groups is 3. The highest BCUT2D eigenvalue weighted by atomic mass is 32.1. The van der Waals surface area contributed by atoms with E-state index < -0.39 is 35.4 Å². The van der Waals surface area contributed by atoms with E-state index in [1.165, 1.54) is 40.5 Å². The van der Waals surface area contributed by atoms with Crippen LogP contribution in [0.1, 0.15) is 27.2 Å². The molecule has 0 bridgehead atoms. The van der Waals surface area contributed by atoms with Crippen LogP contribution >= 0.6 is 11.3 Å². The van der Waals surface area contributed by atoms with E-state index in [1.54, 1.807) is 23.6 Å². The summed E-state index contributed by atoms with van der Waals surface area (Å²) in [7, 11) is 0. The fourth-order valence-electron chi connectivity index (χ4n) is 4.89. The Bertz CT molecular complexity index is 1540. The summed E-state index contributed by atoms with van der Waals surface area (Å²) in [6.07, 6.45) is 0.147. The first-order chi connectivity index (χ1) is 20.2. The average molecular weight is 613 g/mol. The van der Waals surface area contributed by atoms with Gasteiger partial charge in [0.15, 0.2) is 5.79 Å². The number of nitrogens with zero attached hydrogens (tertiary/aromatic N) is 1. The fourth-order valence-corrected chi connectivity index (χ4v) is 5.99. The molecule has 5 rings (SSSR count). The van der Waals surface area contributed by atoms with Gasteiger partial charge in [-0.05, 0) is 29.8 Å². The van der Waals surface area contributed by atoms with Crippen LogP contribution in [0.2, 0.25) is 0 Å². The van der Waals surface area contributed by atoms with Gasteiger partial charge in [0.25, 0.3) is 10.8 Å². The molecule has 42 heavy (non-hydrogen) atoms. The molecule has 2 aliphatic rings. The number of ether oxygens (including phenoxy) is 2. The maximum Gasteiger partial charge on any atom is 0.505 e. The van der Waals surface area contributed by atoms with Crippen molar-refractivity contribution in [2.75, 3.05) is 26.3 Å². The number of rotatable bonds is 9. The van der Waals surface area contributed by atoms with Crippen molar-refractivity contribution in [1.29, 1.82) is 5.41 Å². The van der Waals surface area contributed by atoms with Crippen LogP contribution in [0.4, 0.5) is 4.39 Å². The summed E-state index contributed by atoms with van der Waals surface area (Å²) in [6, 6.07) is 11.2. The van der Waals surface area contributed by atoms with E-state index in [1.807, 2.05) is 0 Å². The Morgan fingerprint density at radius 3 is 2.48 bits per heavy atom. The molecule has 0 radical (unpaired) electrons. The van der Waals surface area contributed by atoms with E-state index in [0.29, 0.717) is 24.3 Å². The fraction of sp³-hybridized carbons (Fsp3) is 0.286. The molecule has 1 atom stereocenters. The third kappa shape index (κ3) is 6.36. The maximum atomic E-state index is 14.4. The van der Waals surface area contributed by atoms with Crippen molar-refractivity contribution in [1.82, 2.24) is 15.5 Å². The van der Waals surface area contributed by atoms with E-state index in [9.17, 15) is 23.0 Å². The van der Waals surface area contributed by atoms with E-state index >= 15 is 0 Å². The highest BCUT2D eigenvalue weighted by Gasteiger charge is 2.52. The van der Waals surface area contributed by atoms with Crippen LogP contribution < -0.4 is 16.4 Å². The summed E-state index contributed by atoms with van der Waals surface area (Å²) in [5, 5.41) is 14.7. The molecule has 2 fully saturated rings. The quantitative estimate of drug-likeness (QED) is 0.163. The molecular formula is C28H27FN5O6S2+. The first-order valence-corrected chi connectivity index (χ1v) is 14.5. The van der Waals surface area contributed by atoms with Gasteiger partial charge in [-0.25, -0.2) is 4.39 Å². The number of benzene rings is 2. The van der Waals surface area contributed by atoms with Crippen LogP contribution in [-0.2, 0) is 41.5 Å². The molecule has 0 unspecified atom stereocenters. The van der Waals surface area contributed by atoms with Crippen LogP contribution in [0.3, 0.4) is 0 Å². The lowest BCUT2D eigenvalue weighted by molar-refractivity contribution is -0.152. The van der Waals surface area contributed by atoms with E-state index in [0.717, 1.165) is 10.9 Å². The van der Waals surface area contributed by atoms with Gasteiger partial charge in [-0.1, -0.05) is 12.1 Å². The van der Waals surface area contributed by atoms with Gasteiger partial charge in [-0.3, -0.25) is 19.8 Å². The van der Waals surface area contributed by atoms with E-state index in [2.05, 4.69) is 10.6 Å². The summed E-state index contributed by atoms with van der Waals surface area (Å²) in [6.45, 7) is 0.561. The zero-order valence-corrected chi connectivity index (χ0v) is 23.8. The number of halogens is 1. The van der Waals surface area contributed by atoms with Crippen LogP contribution in [-0.4, -0.2) is 66.6 Å². The van der Waals surface area contributed by atoms with Crippen molar-refractivity contribution >= 4 is 46.6 Å². The predicted octanol–water partition coefficient (Wildman–Crippen LogP) is 2.02. The summed E-state index contributed by atoms with van der Waals surface area (Å²) >= 11 is 1.56. The highest BCUT2D eigenvalue weighted by Crippen LogP contribution is 2.35. The van der Waals surface area contributed by atoms with Crippen LogP contribution in [0, 0.1) is 11.2 Å². The van der Waals surface area contributed by atoms with Gasteiger partial charge >= 0.3 is 11.7 Å². The molecule has 14 heteroatoms. The molecule has 2 saturated heterocycles. The largest absolute Gasteiger partial charge is 0.505 e. The molecular weight excluding hydrogens is 585 g/mol. The second kappa shape index (κ2) is 12.4. The minimum absolute atomic E-state index is 0.0389. The minimum atomic E-state index is -1.08. The Balaban J connectivity index is 1.21. The van der Waals surface area contributed by atoms with Crippen molar-refractivity contribution in [2.45, 2.75) is 29.7 Å². The summed E-state index contributed by atoms with van der Waals surface area (Å²) < 4.78 is 36.8. The molecule has 1 aromatic heterocycles. The summed E-state index contributed by atoms with van der Waals surface area (Å²) in [4.78, 5) is 41.6. The summed E-state index contributed by atoms with van der Waals surface area (Å²) in [5.41, 5.74) is 7.15. The van der Waals surface area contributed by atoms with E-state index in [4.69, 9.17) is 20.6 Å². The smallest absolute Gasteiger partial charge is 0.384 e. The molecule has 5 N–H and O–H groups in total. The first-order valence-electron chi connectivity index (χ1n) is 12.9. The number of hydrogen-bond acceptors (Lipinski definition) is 8. The lowest BCUT2D eigenvalue weighted by atomic mass is 10.0. The Morgan fingerprint density at radius 1 is 1.10 bits per heavy atom. The van der Waals surface area contributed by atoms with Crippen molar-refractivity contribution in [2.24, 2.45) is 5.73 Å². The lowest BCUT2D eigenvalue weighted by Crippen LogP contribution is -2.49. The standard InChI is InChI=1S/C28H26FN5O6S2/c29-22-10-19(42-38)5-6-21(22)16-1-3-17(4-2-16)26(36)33-13-24(35)34-15-28(39-7-8-40-28)11-23(34)27(37)32-12-20-9-18(14-41-20)25(30)31/h1-6,9-10,14,23H,7-8,11-13,15H2,(H4-,30,31,32,33,36,37)/p+1/t23-/m0/s1. The number of nitrogens with two attached hydrogens (primary N) is 1.